The number of benzene rings is 1. The van der Waals surface area contributed by atoms with Gasteiger partial charge in [0.1, 0.15) is 0 Å². The molecule has 1 amide bonds. The molecule has 2 N–H and O–H groups in total. The zero-order valence-electron chi connectivity index (χ0n) is 10.2. The monoisotopic (exact) mass is 220 g/mol. The Morgan fingerprint density at radius 1 is 1.38 bits per heavy atom. The molecule has 3 heteroatoms. The molecule has 1 aromatic carbocycles. The number of hydrogen-bond acceptors (Lipinski definition) is 2. The minimum Gasteiger partial charge on any atom is -0.335 e. The maximum absolute atomic E-state index is 11.7. The van der Waals surface area contributed by atoms with Crippen LogP contribution in [0.2, 0.25) is 0 Å². The van der Waals surface area contributed by atoms with E-state index in [-0.39, 0.29) is 18.5 Å². The van der Waals surface area contributed by atoms with Gasteiger partial charge in [0.05, 0.1) is 6.54 Å². The van der Waals surface area contributed by atoms with Gasteiger partial charge in [0, 0.05) is 12.6 Å². The summed E-state index contributed by atoms with van der Waals surface area (Å²) in [7, 11) is 0. The average molecular weight is 220 g/mol. The second-order valence-electron chi connectivity index (χ2n) is 4.25. The minimum absolute atomic E-state index is 0.00162. The molecule has 0 radical (unpaired) electrons. The van der Waals surface area contributed by atoms with Gasteiger partial charge < -0.3 is 10.6 Å². The molecule has 0 aliphatic heterocycles. The van der Waals surface area contributed by atoms with E-state index in [1.54, 1.807) is 0 Å². The molecule has 16 heavy (non-hydrogen) atoms. The quantitative estimate of drug-likeness (QED) is 0.839. The number of carbonyl (C=O) groups excluding carboxylic acids is 1. The van der Waals surface area contributed by atoms with Gasteiger partial charge in [-0.15, -0.1) is 0 Å². The first-order valence-corrected chi connectivity index (χ1v) is 5.60. The molecule has 1 aromatic rings. The first kappa shape index (κ1) is 12.7. The highest BCUT2D eigenvalue weighted by Crippen LogP contribution is 2.12. The lowest BCUT2D eigenvalue weighted by Gasteiger charge is -2.27. The standard InChI is InChI=1S/C13H20N2O/c1-10(2)15(13(16)8-14)9-12-7-5-4-6-11(12)3/h4-7,10H,8-9,14H2,1-3H3. The molecular weight excluding hydrogens is 200 g/mol. The Morgan fingerprint density at radius 3 is 2.50 bits per heavy atom. The maximum atomic E-state index is 11.7. The van der Waals surface area contributed by atoms with Crippen LogP contribution in [0.3, 0.4) is 0 Å². The lowest BCUT2D eigenvalue weighted by Crippen LogP contribution is -2.40. The molecule has 0 bridgehead atoms. The largest absolute Gasteiger partial charge is 0.335 e. The van der Waals surface area contributed by atoms with Gasteiger partial charge in [0.25, 0.3) is 0 Å². The smallest absolute Gasteiger partial charge is 0.236 e. The summed E-state index contributed by atoms with van der Waals surface area (Å²) in [6.07, 6.45) is 0. The Hall–Kier alpha value is -1.35. The van der Waals surface area contributed by atoms with E-state index in [1.165, 1.54) is 11.1 Å². The van der Waals surface area contributed by atoms with Gasteiger partial charge in [-0.2, -0.15) is 0 Å². The molecule has 0 aliphatic rings. The van der Waals surface area contributed by atoms with Crippen molar-refractivity contribution >= 4 is 5.91 Å². The van der Waals surface area contributed by atoms with Crippen LogP contribution in [0, 0.1) is 6.92 Å². The summed E-state index contributed by atoms with van der Waals surface area (Å²) in [5.41, 5.74) is 7.80. The van der Waals surface area contributed by atoms with Crippen LogP contribution in [0.1, 0.15) is 25.0 Å². The van der Waals surface area contributed by atoms with E-state index >= 15 is 0 Å². The van der Waals surface area contributed by atoms with E-state index in [4.69, 9.17) is 5.73 Å². The molecule has 0 saturated heterocycles. The van der Waals surface area contributed by atoms with E-state index in [9.17, 15) is 4.79 Å². The van der Waals surface area contributed by atoms with Crippen molar-refractivity contribution in [2.75, 3.05) is 6.54 Å². The fourth-order valence-corrected chi connectivity index (χ4v) is 1.65. The molecule has 0 fully saturated rings. The van der Waals surface area contributed by atoms with E-state index < -0.39 is 0 Å². The van der Waals surface area contributed by atoms with Crippen molar-refractivity contribution in [2.45, 2.75) is 33.4 Å². The second-order valence-corrected chi connectivity index (χ2v) is 4.25. The molecule has 1 rings (SSSR count). The molecule has 0 spiro atoms. The van der Waals surface area contributed by atoms with E-state index in [2.05, 4.69) is 19.1 Å². The first-order chi connectivity index (χ1) is 7.56. The van der Waals surface area contributed by atoms with Crippen LogP contribution < -0.4 is 5.73 Å². The zero-order chi connectivity index (χ0) is 12.1. The normalized spacial score (nSPS) is 10.6. The van der Waals surface area contributed by atoms with E-state index in [1.807, 2.05) is 30.9 Å². The van der Waals surface area contributed by atoms with Gasteiger partial charge in [0.2, 0.25) is 5.91 Å². The van der Waals surface area contributed by atoms with Crippen LogP contribution in [0.25, 0.3) is 0 Å². The third-order valence-electron chi connectivity index (χ3n) is 2.72. The van der Waals surface area contributed by atoms with Gasteiger partial charge in [0.15, 0.2) is 0 Å². The van der Waals surface area contributed by atoms with Crippen molar-refractivity contribution in [3.05, 3.63) is 35.4 Å². The van der Waals surface area contributed by atoms with Gasteiger partial charge in [-0.1, -0.05) is 24.3 Å². The molecule has 0 atom stereocenters. The van der Waals surface area contributed by atoms with Gasteiger partial charge in [-0.05, 0) is 31.9 Å². The molecule has 0 heterocycles. The second kappa shape index (κ2) is 5.66. The topological polar surface area (TPSA) is 46.3 Å². The Bertz CT molecular complexity index is 361. The van der Waals surface area contributed by atoms with Crippen molar-refractivity contribution in [3.8, 4) is 0 Å². The Morgan fingerprint density at radius 2 is 2.00 bits per heavy atom. The van der Waals surface area contributed by atoms with Crippen LogP contribution >= 0.6 is 0 Å². The number of carbonyl (C=O) groups is 1. The lowest BCUT2D eigenvalue weighted by molar-refractivity contribution is -0.132. The van der Waals surface area contributed by atoms with Crippen LogP contribution in [-0.2, 0) is 11.3 Å². The van der Waals surface area contributed by atoms with Crippen molar-refractivity contribution in [3.63, 3.8) is 0 Å². The summed E-state index contributed by atoms with van der Waals surface area (Å²) >= 11 is 0. The Balaban J connectivity index is 2.84. The number of nitrogens with two attached hydrogens (primary N) is 1. The molecule has 0 aromatic heterocycles. The third kappa shape index (κ3) is 3.07. The molecule has 3 nitrogen and oxygen atoms in total. The summed E-state index contributed by atoms with van der Waals surface area (Å²) in [5, 5.41) is 0. The number of amides is 1. The van der Waals surface area contributed by atoms with Crippen LogP contribution in [0.15, 0.2) is 24.3 Å². The predicted molar refractivity (Wildman–Crippen MR) is 65.9 cm³/mol. The zero-order valence-corrected chi connectivity index (χ0v) is 10.2. The predicted octanol–water partition coefficient (Wildman–Crippen LogP) is 1.69. The SMILES string of the molecule is Cc1ccccc1CN(C(=O)CN)C(C)C. The summed E-state index contributed by atoms with van der Waals surface area (Å²) in [6.45, 7) is 6.78. The number of hydrogen-bond donors (Lipinski definition) is 1. The number of nitrogens with zero attached hydrogens (tertiary/aromatic N) is 1. The Kier molecular flexibility index (Phi) is 4.50. The van der Waals surface area contributed by atoms with Crippen LogP contribution in [0.5, 0.6) is 0 Å². The fraction of sp³-hybridized carbons (Fsp3) is 0.462. The fourth-order valence-electron chi connectivity index (χ4n) is 1.65. The highest BCUT2D eigenvalue weighted by atomic mass is 16.2. The van der Waals surface area contributed by atoms with Crippen LogP contribution in [0.4, 0.5) is 0 Å². The maximum Gasteiger partial charge on any atom is 0.236 e. The average Bonchev–Trinajstić information content (AvgIpc) is 2.26. The summed E-state index contributed by atoms with van der Waals surface area (Å²) in [6, 6.07) is 8.28. The first-order valence-electron chi connectivity index (χ1n) is 5.60. The van der Waals surface area contributed by atoms with Crippen molar-refractivity contribution in [2.24, 2.45) is 5.73 Å². The third-order valence-corrected chi connectivity index (χ3v) is 2.72. The minimum atomic E-state index is -0.00162. The lowest BCUT2D eigenvalue weighted by atomic mass is 10.1. The van der Waals surface area contributed by atoms with Crippen molar-refractivity contribution in [1.82, 2.24) is 4.90 Å². The van der Waals surface area contributed by atoms with Gasteiger partial charge in [-0.3, -0.25) is 4.79 Å². The number of rotatable bonds is 4. The highest BCUT2D eigenvalue weighted by Gasteiger charge is 2.16. The van der Waals surface area contributed by atoms with E-state index in [0.717, 1.165) is 0 Å². The Labute approximate surface area is 97.2 Å². The molecule has 88 valence electrons. The number of aryl methyl sites for hydroxylation is 1. The summed E-state index contributed by atoms with van der Waals surface area (Å²) < 4.78 is 0. The van der Waals surface area contributed by atoms with Crippen molar-refractivity contribution < 1.29 is 4.79 Å². The molecule has 0 unspecified atom stereocenters. The molecular formula is C13H20N2O. The van der Waals surface area contributed by atoms with Gasteiger partial charge in [-0.25, -0.2) is 0 Å². The van der Waals surface area contributed by atoms with E-state index in [0.29, 0.717) is 6.54 Å². The summed E-state index contributed by atoms with van der Waals surface area (Å²) in [5.74, 6) is -0.00162. The molecule has 0 aliphatic carbocycles. The molecule has 0 saturated carbocycles. The van der Waals surface area contributed by atoms with Gasteiger partial charge >= 0.3 is 0 Å². The summed E-state index contributed by atoms with van der Waals surface area (Å²) in [4.78, 5) is 13.5. The van der Waals surface area contributed by atoms with Crippen molar-refractivity contribution in [1.29, 1.82) is 0 Å². The highest BCUT2D eigenvalue weighted by molar-refractivity contribution is 5.78. The van der Waals surface area contributed by atoms with Crippen LogP contribution in [-0.4, -0.2) is 23.4 Å².